The minimum Gasteiger partial charge on any atom is -0.352 e. The van der Waals surface area contributed by atoms with E-state index < -0.39 is 0 Å². The first-order chi connectivity index (χ1) is 7.25. The van der Waals surface area contributed by atoms with Crippen LogP contribution in [0.2, 0.25) is 0 Å². The molecule has 1 atom stereocenters. The molecule has 2 aromatic heterocycles. The predicted molar refractivity (Wildman–Crippen MR) is 59.3 cm³/mol. The highest BCUT2D eigenvalue weighted by atomic mass is 15.1. The Kier molecular flexibility index (Phi) is 2.87. The number of nitrogens with zero attached hydrogens (tertiary/aromatic N) is 3. The van der Waals surface area contributed by atoms with Crippen molar-refractivity contribution in [1.82, 2.24) is 14.1 Å². The van der Waals surface area contributed by atoms with Gasteiger partial charge in [-0.05, 0) is 18.6 Å². The van der Waals surface area contributed by atoms with E-state index in [1.807, 2.05) is 19.4 Å². The molecule has 0 bridgehead atoms. The van der Waals surface area contributed by atoms with Crippen LogP contribution in [0.25, 0.3) is 0 Å². The van der Waals surface area contributed by atoms with Gasteiger partial charge in [0.05, 0.1) is 6.33 Å². The van der Waals surface area contributed by atoms with Crippen molar-refractivity contribution in [2.24, 2.45) is 5.73 Å². The molecule has 15 heavy (non-hydrogen) atoms. The summed E-state index contributed by atoms with van der Waals surface area (Å²) in [6, 6.07) is 2.18. The molecule has 4 nitrogen and oxygen atoms in total. The van der Waals surface area contributed by atoms with Gasteiger partial charge in [-0.15, -0.1) is 0 Å². The van der Waals surface area contributed by atoms with E-state index in [0.717, 1.165) is 13.1 Å². The van der Waals surface area contributed by atoms with Gasteiger partial charge in [-0.25, -0.2) is 4.98 Å². The Balaban J connectivity index is 1.94. The molecule has 80 valence electrons. The fourth-order valence-corrected chi connectivity index (χ4v) is 1.52. The van der Waals surface area contributed by atoms with Crippen LogP contribution >= 0.6 is 0 Å². The minimum absolute atomic E-state index is 0.111. The smallest absolute Gasteiger partial charge is 0.0946 e. The van der Waals surface area contributed by atoms with E-state index in [1.54, 1.807) is 6.20 Å². The van der Waals surface area contributed by atoms with Crippen molar-refractivity contribution >= 4 is 0 Å². The lowest BCUT2D eigenvalue weighted by Crippen LogP contribution is -2.05. The second-order valence-electron chi connectivity index (χ2n) is 3.77. The molecule has 0 aliphatic carbocycles. The summed E-state index contributed by atoms with van der Waals surface area (Å²) < 4.78 is 4.21. The molecule has 0 fully saturated rings. The number of imidazole rings is 1. The van der Waals surface area contributed by atoms with E-state index in [1.165, 1.54) is 5.56 Å². The van der Waals surface area contributed by atoms with Crippen LogP contribution in [0.15, 0.2) is 37.2 Å². The average molecular weight is 204 g/mol. The van der Waals surface area contributed by atoms with Crippen LogP contribution < -0.4 is 5.73 Å². The largest absolute Gasteiger partial charge is 0.352 e. The number of hydrogen-bond donors (Lipinski definition) is 1. The Bertz CT molecular complexity index is 400. The van der Waals surface area contributed by atoms with Crippen molar-refractivity contribution in [2.75, 3.05) is 0 Å². The van der Waals surface area contributed by atoms with Gasteiger partial charge in [0.25, 0.3) is 0 Å². The molecule has 0 spiro atoms. The molecule has 0 aliphatic rings. The maximum absolute atomic E-state index is 5.79. The highest BCUT2D eigenvalue weighted by Gasteiger charge is 2.01. The van der Waals surface area contributed by atoms with Crippen molar-refractivity contribution in [1.29, 1.82) is 0 Å². The van der Waals surface area contributed by atoms with Crippen molar-refractivity contribution in [3.8, 4) is 0 Å². The first-order valence-corrected chi connectivity index (χ1v) is 5.13. The fraction of sp³-hybridized carbons (Fsp3) is 0.364. The van der Waals surface area contributed by atoms with Gasteiger partial charge in [-0.2, -0.15) is 0 Å². The van der Waals surface area contributed by atoms with Gasteiger partial charge in [0.2, 0.25) is 0 Å². The summed E-state index contributed by atoms with van der Waals surface area (Å²) in [5, 5.41) is 0. The summed E-state index contributed by atoms with van der Waals surface area (Å²) in [6.45, 7) is 3.88. The summed E-state index contributed by atoms with van der Waals surface area (Å²) >= 11 is 0. The SMILES string of the molecule is CC(N)c1ccn(CCn2ccnc2)c1. The molecule has 2 heterocycles. The Labute approximate surface area is 89.3 Å². The zero-order valence-electron chi connectivity index (χ0n) is 8.87. The van der Waals surface area contributed by atoms with Crippen LogP contribution in [0.5, 0.6) is 0 Å². The summed E-state index contributed by atoms with van der Waals surface area (Å²) in [4.78, 5) is 4.00. The minimum atomic E-state index is 0.111. The lowest BCUT2D eigenvalue weighted by molar-refractivity contribution is 0.579. The first-order valence-electron chi connectivity index (χ1n) is 5.13. The van der Waals surface area contributed by atoms with Crippen molar-refractivity contribution in [3.63, 3.8) is 0 Å². The zero-order chi connectivity index (χ0) is 10.7. The lowest BCUT2D eigenvalue weighted by atomic mass is 10.2. The number of rotatable bonds is 4. The second-order valence-corrected chi connectivity index (χ2v) is 3.77. The van der Waals surface area contributed by atoms with Gasteiger partial charge in [0.15, 0.2) is 0 Å². The van der Waals surface area contributed by atoms with Gasteiger partial charge < -0.3 is 14.9 Å². The lowest BCUT2D eigenvalue weighted by Gasteiger charge is -2.04. The molecule has 0 saturated carbocycles. The summed E-state index contributed by atoms with van der Waals surface area (Å²) in [5.41, 5.74) is 6.97. The predicted octanol–water partition coefficient (Wildman–Crippen LogP) is 1.40. The zero-order valence-corrected chi connectivity index (χ0v) is 8.87. The van der Waals surface area contributed by atoms with E-state index in [4.69, 9.17) is 5.73 Å². The number of aromatic nitrogens is 3. The Morgan fingerprint density at radius 1 is 1.33 bits per heavy atom. The Morgan fingerprint density at radius 2 is 2.13 bits per heavy atom. The van der Waals surface area contributed by atoms with Crippen molar-refractivity contribution in [2.45, 2.75) is 26.1 Å². The fourth-order valence-electron chi connectivity index (χ4n) is 1.52. The topological polar surface area (TPSA) is 48.8 Å². The first kappa shape index (κ1) is 9.98. The number of hydrogen-bond acceptors (Lipinski definition) is 2. The van der Waals surface area contributed by atoms with Crippen LogP contribution in [-0.2, 0) is 13.1 Å². The normalized spacial score (nSPS) is 12.9. The molecule has 0 saturated heterocycles. The Morgan fingerprint density at radius 3 is 2.73 bits per heavy atom. The highest BCUT2D eigenvalue weighted by molar-refractivity contribution is 5.13. The molecule has 2 N–H and O–H groups in total. The molecule has 2 rings (SSSR count). The number of nitrogens with two attached hydrogens (primary N) is 1. The maximum Gasteiger partial charge on any atom is 0.0946 e. The molecule has 1 unspecified atom stereocenters. The van der Waals surface area contributed by atoms with Gasteiger partial charge in [-0.1, -0.05) is 0 Å². The second kappa shape index (κ2) is 4.31. The summed E-state index contributed by atoms with van der Waals surface area (Å²) in [5.74, 6) is 0. The van der Waals surface area contributed by atoms with E-state index in [2.05, 4.69) is 32.6 Å². The molecular formula is C11H16N4. The molecule has 2 aromatic rings. The van der Waals surface area contributed by atoms with Gasteiger partial charge >= 0.3 is 0 Å². The molecular weight excluding hydrogens is 188 g/mol. The third kappa shape index (κ3) is 2.47. The quantitative estimate of drug-likeness (QED) is 0.818. The van der Waals surface area contributed by atoms with Crippen LogP contribution in [0.1, 0.15) is 18.5 Å². The third-order valence-corrected chi connectivity index (χ3v) is 2.47. The van der Waals surface area contributed by atoms with Gasteiger partial charge in [0.1, 0.15) is 0 Å². The van der Waals surface area contributed by atoms with Crippen LogP contribution in [0.4, 0.5) is 0 Å². The van der Waals surface area contributed by atoms with Crippen LogP contribution in [0, 0.1) is 0 Å². The molecule has 0 radical (unpaired) electrons. The van der Waals surface area contributed by atoms with Crippen molar-refractivity contribution in [3.05, 3.63) is 42.7 Å². The maximum atomic E-state index is 5.79. The highest BCUT2D eigenvalue weighted by Crippen LogP contribution is 2.09. The van der Waals surface area contributed by atoms with Gasteiger partial charge in [0, 0.05) is 43.9 Å². The molecule has 4 heteroatoms. The third-order valence-electron chi connectivity index (χ3n) is 2.47. The van der Waals surface area contributed by atoms with Crippen LogP contribution in [0.3, 0.4) is 0 Å². The van der Waals surface area contributed by atoms with E-state index in [0.29, 0.717) is 0 Å². The summed E-state index contributed by atoms with van der Waals surface area (Å²) in [7, 11) is 0. The van der Waals surface area contributed by atoms with E-state index in [9.17, 15) is 0 Å². The van der Waals surface area contributed by atoms with Crippen LogP contribution in [-0.4, -0.2) is 14.1 Å². The Hall–Kier alpha value is -1.55. The molecule has 0 aromatic carbocycles. The number of aryl methyl sites for hydroxylation is 2. The summed E-state index contributed by atoms with van der Waals surface area (Å²) in [6.07, 6.45) is 9.76. The van der Waals surface area contributed by atoms with E-state index in [-0.39, 0.29) is 6.04 Å². The average Bonchev–Trinajstić information content (AvgIpc) is 2.86. The van der Waals surface area contributed by atoms with Gasteiger partial charge in [-0.3, -0.25) is 0 Å². The monoisotopic (exact) mass is 204 g/mol. The van der Waals surface area contributed by atoms with Crippen molar-refractivity contribution < 1.29 is 0 Å². The van der Waals surface area contributed by atoms with E-state index >= 15 is 0 Å². The molecule has 0 amide bonds. The molecule has 0 aliphatic heterocycles. The standard InChI is InChI=1S/C11H16N4/c1-10(12)11-2-4-14(8-11)6-7-15-5-3-13-9-15/h2-5,8-10H,6-7,12H2,1H3.